The molecule has 0 radical (unpaired) electrons. The van der Waals surface area contributed by atoms with Crippen LogP contribution in [0, 0.1) is 5.92 Å². The summed E-state index contributed by atoms with van der Waals surface area (Å²) < 4.78 is 52.3. The molecule has 10 nitrogen and oxygen atoms in total. The summed E-state index contributed by atoms with van der Waals surface area (Å²) >= 11 is 1.69. The van der Waals surface area contributed by atoms with E-state index in [0.29, 0.717) is 6.61 Å². The highest BCUT2D eigenvalue weighted by Gasteiger charge is 2.36. The van der Waals surface area contributed by atoms with E-state index in [0.717, 1.165) is 58.1 Å². The number of piperidine rings is 2. The fourth-order valence-corrected chi connectivity index (χ4v) is 5.78. The van der Waals surface area contributed by atoms with Gasteiger partial charge in [-0.1, -0.05) is 0 Å². The Kier molecular flexibility index (Phi) is 9.40. The van der Waals surface area contributed by atoms with E-state index in [2.05, 4.69) is 29.0 Å². The van der Waals surface area contributed by atoms with Gasteiger partial charge >= 0.3 is 12.1 Å². The van der Waals surface area contributed by atoms with E-state index in [1.807, 2.05) is 6.92 Å². The zero-order chi connectivity index (χ0) is 28.2. The highest BCUT2D eigenvalue weighted by molar-refractivity contribution is 7.94. The van der Waals surface area contributed by atoms with Gasteiger partial charge in [0.05, 0.1) is 36.6 Å². The number of anilines is 1. The Morgan fingerprint density at radius 2 is 1.77 bits per heavy atom. The van der Waals surface area contributed by atoms with Gasteiger partial charge in [0.2, 0.25) is 5.95 Å². The topological polar surface area (TPSA) is 109 Å². The Bertz CT molecular complexity index is 1110. The average Bonchev–Trinajstić information content (AvgIpc) is 3.32. The number of esters is 1. The van der Waals surface area contributed by atoms with E-state index in [-0.39, 0.29) is 41.7 Å². The summed E-state index contributed by atoms with van der Waals surface area (Å²) in [6.07, 6.45) is 2.10. The molecule has 2 aliphatic heterocycles. The van der Waals surface area contributed by atoms with Crippen molar-refractivity contribution in [2.75, 3.05) is 38.1 Å². The second kappa shape index (κ2) is 12.4. The molecule has 0 bridgehead atoms. The third kappa shape index (κ3) is 8.29. The number of nitrogens with zero attached hydrogens (tertiary/aromatic N) is 6. The smallest absolute Gasteiger partial charge is 0.419 e. The molecule has 2 aromatic rings. The standard InChI is InChI=1S/C25H36F3N7O3S/c1-4-38-22(36)17-5-9-34(10-6-17)39-35-11-7-19(8-12-35)31-23-29-14-20(25(26,27)28)21(32-23)18-13-30-33(15-18)16-24(2,3)37/h13-15,17,19,37H,4-12,16H2,1-3H3,(H,29,31,32). The van der Waals surface area contributed by atoms with Crippen molar-refractivity contribution in [2.45, 2.75) is 70.8 Å². The number of carbonyl (C=O) groups excluding carboxylic acids is 1. The fraction of sp³-hybridized carbons (Fsp3) is 0.680. The summed E-state index contributed by atoms with van der Waals surface area (Å²) in [5.41, 5.74) is -2.05. The lowest BCUT2D eigenvalue weighted by Gasteiger charge is -2.36. The minimum absolute atomic E-state index is 0.0266. The number of aliphatic hydroxyl groups is 1. The van der Waals surface area contributed by atoms with Crippen LogP contribution >= 0.6 is 12.1 Å². The molecular weight excluding hydrogens is 535 g/mol. The number of rotatable bonds is 9. The fourth-order valence-electron chi connectivity index (χ4n) is 4.71. The van der Waals surface area contributed by atoms with E-state index in [9.17, 15) is 23.1 Å². The second-order valence-corrected chi connectivity index (χ2v) is 11.8. The minimum Gasteiger partial charge on any atom is -0.466 e. The van der Waals surface area contributed by atoms with Gasteiger partial charge in [0.1, 0.15) is 5.56 Å². The lowest BCUT2D eigenvalue weighted by molar-refractivity contribution is -0.149. The maximum Gasteiger partial charge on any atom is 0.419 e. The van der Waals surface area contributed by atoms with Crippen molar-refractivity contribution in [3.05, 3.63) is 24.2 Å². The summed E-state index contributed by atoms with van der Waals surface area (Å²) in [6.45, 7) is 8.80. The maximum atomic E-state index is 13.7. The molecule has 2 aromatic heterocycles. The molecule has 216 valence electrons. The quantitative estimate of drug-likeness (QED) is 0.340. The lowest BCUT2D eigenvalue weighted by Crippen LogP contribution is -2.40. The van der Waals surface area contributed by atoms with Gasteiger partial charge in [-0.3, -0.25) is 9.48 Å². The SMILES string of the molecule is CCOC(=O)C1CCN(SN2CCC(Nc3ncc(C(F)(F)F)c(-c4cnn(CC(C)(C)O)c4)n3)CC2)CC1. The zero-order valence-corrected chi connectivity index (χ0v) is 23.3. The van der Waals surface area contributed by atoms with Gasteiger partial charge in [-0.2, -0.15) is 18.3 Å². The van der Waals surface area contributed by atoms with Crippen LogP contribution in [0.4, 0.5) is 19.1 Å². The number of ether oxygens (including phenoxy) is 1. The van der Waals surface area contributed by atoms with Gasteiger partial charge in [-0.15, -0.1) is 0 Å². The van der Waals surface area contributed by atoms with E-state index in [1.54, 1.807) is 26.0 Å². The number of nitrogens with one attached hydrogen (secondary N) is 1. The van der Waals surface area contributed by atoms with Crippen LogP contribution in [-0.2, 0) is 22.3 Å². The molecule has 0 unspecified atom stereocenters. The van der Waals surface area contributed by atoms with Crippen LogP contribution in [0.3, 0.4) is 0 Å². The molecule has 2 fully saturated rings. The Morgan fingerprint density at radius 1 is 1.13 bits per heavy atom. The largest absolute Gasteiger partial charge is 0.466 e. The van der Waals surface area contributed by atoms with E-state index < -0.39 is 17.3 Å². The van der Waals surface area contributed by atoms with Crippen molar-refractivity contribution >= 4 is 24.1 Å². The normalized spacial score (nSPS) is 18.8. The average molecular weight is 572 g/mol. The summed E-state index contributed by atoms with van der Waals surface area (Å²) in [6, 6.07) is 0.0268. The van der Waals surface area contributed by atoms with Crippen molar-refractivity contribution in [2.24, 2.45) is 5.92 Å². The molecule has 39 heavy (non-hydrogen) atoms. The molecule has 0 aliphatic carbocycles. The Labute approximate surface area is 230 Å². The minimum atomic E-state index is -4.63. The first-order valence-corrected chi connectivity index (χ1v) is 13.9. The molecule has 0 spiro atoms. The van der Waals surface area contributed by atoms with E-state index in [4.69, 9.17) is 4.74 Å². The Hall–Kier alpha value is -2.42. The number of halogens is 3. The first-order chi connectivity index (χ1) is 18.4. The highest BCUT2D eigenvalue weighted by atomic mass is 32.2. The van der Waals surface area contributed by atoms with Crippen LogP contribution < -0.4 is 5.32 Å². The molecule has 0 aromatic carbocycles. The van der Waals surface area contributed by atoms with Crippen molar-refractivity contribution in [1.29, 1.82) is 0 Å². The predicted molar refractivity (Wildman–Crippen MR) is 141 cm³/mol. The van der Waals surface area contributed by atoms with Gasteiger partial charge < -0.3 is 15.2 Å². The third-order valence-corrected chi connectivity index (χ3v) is 7.83. The molecule has 0 amide bonds. The number of hydrogen-bond acceptors (Lipinski definition) is 10. The van der Waals surface area contributed by atoms with Crippen LogP contribution in [0.2, 0.25) is 0 Å². The molecule has 14 heteroatoms. The van der Waals surface area contributed by atoms with Crippen LogP contribution in [-0.4, -0.2) is 83.9 Å². The van der Waals surface area contributed by atoms with Crippen molar-refractivity contribution in [1.82, 2.24) is 28.4 Å². The first kappa shape index (κ1) is 29.6. The van der Waals surface area contributed by atoms with Crippen molar-refractivity contribution < 1.29 is 27.8 Å². The summed E-state index contributed by atoms with van der Waals surface area (Å²) in [5, 5.41) is 17.3. The second-order valence-electron chi connectivity index (χ2n) is 10.6. The Morgan fingerprint density at radius 3 is 2.36 bits per heavy atom. The van der Waals surface area contributed by atoms with Crippen LogP contribution in [0.1, 0.15) is 52.0 Å². The lowest BCUT2D eigenvalue weighted by atomic mass is 9.98. The molecular formula is C25H36F3N7O3S. The molecule has 2 N–H and O–H groups in total. The van der Waals surface area contributed by atoms with Gasteiger partial charge in [0, 0.05) is 62.3 Å². The van der Waals surface area contributed by atoms with Crippen LogP contribution in [0.5, 0.6) is 0 Å². The van der Waals surface area contributed by atoms with Gasteiger partial charge in [-0.25, -0.2) is 18.6 Å². The number of aromatic nitrogens is 4. The number of hydrogen-bond donors (Lipinski definition) is 2. The molecule has 4 heterocycles. The van der Waals surface area contributed by atoms with Crippen LogP contribution in [0.25, 0.3) is 11.3 Å². The van der Waals surface area contributed by atoms with Gasteiger partial charge in [0.25, 0.3) is 0 Å². The molecule has 0 atom stereocenters. The molecule has 4 rings (SSSR count). The third-order valence-electron chi connectivity index (χ3n) is 6.64. The summed E-state index contributed by atoms with van der Waals surface area (Å²) in [4.78, 5) is 20.2. The van der Waals surface area contributed by atoms with Gasteiger partial charge in [0.15, 0.2) is 0 Å². The maximum absolute atomic E-state index is 13.7. The monoisotopic (exact) mass is 571 g/mol. The number of carbonyl (C=O) groups is 1. The zero-order valence-electron chi connectivity index (χ0n) is 22.4. The summed E-state index contributed by atoms with van der Waals surface area (Å²) in [5.74, 6) is 0.00669. The first-order valence-electron chi connectivity index (χ1n) is 13.2. The number of alkyl halides is 3. The summed E-state index contributed by atoms with van der Waals surface area (Å²) in [7, 11) is 0. The highest BCUT2D eigenvalue weighted by Crippen LogP contribution is 2.36. The van der Waals surface area contributed by atoms with E-state index in [1.165, 1.54) is 17.1 Å². The van der Waals surface area contributed by atoms with Crippen molar-refractivity contribution in [3.63, 3.8) is 0 Å². The van der Waals surface area contributed by atoms with Crippen molar-refractivity contribution in [3.8, 4) is 11.3 Å². The molecule has 0 saturated carbocycles. The molecule has 2 saturated heterocycles. The van der Waals surface area contributed by atoms with Gasteiger partial charge in [-0.05, 0) is 46.5 Å². The van der Waals surface area contributed by atoms with E-state index >= 15 is 0 Å². The predicted octanol–water partition coefficient (Wildman–Crippen LogP) is 3.84. The Balaban J connectivity index is 1.33. The molecule has 2 aliphatic rings. The van der Waals surface area contributed by atoms with Crippen LogP contribution in [0.15, 0.2) is 18.6 Å².